The minimum Gasteiger partial charge on any atom is -0.481 e. The number of amides is 1. The van der Waals surface area contributed by atoms with Gasteiger partial charge in [-0.05, 0) is 31.2 Å². The van der Waals surface area contributed by atoms with Gasteiger partial charge in [0.15, 0.2) is 6.10 Å². The lowest BCUT2D eigenvalue weighted by Gasteiger charge is -2.21. The molecule has 5 heteroatoms. The highest BCUT2D eigenvalue weighted by Crippen LogP contribution is 2.14. The molecule has 1 aromatic rings. The molecule has 1 atom stereocenters. The summed E-state index contributed by atoms with van der Waals surface area (Å²) in [6, 6.07) is 10.6. The third-order valence-corrected chi connectivity index (χ3v) is 2.58. The van der Waals surface area contributed by atoms with Gasteiger partial charge in [0.25, 0.3) is 5.91 Å². The molecule has 19 heavy (non-hydrogen) atoms. The van der Waals surface area contributed by atoms with Crippen LogP contribution in [0.5, 0.6) is 5.75 Å². The van der Waals surface area contributed by atoms with Crippen molar-refractivity contribution < 1.29 is 9.53 Å². The predicted molar refractivity (Wildman–Crippen MR) is 69.1 cm³/mol. The molecular formula is C14H15N3O2. The maximum absolute atomic E-state index is 11.9. The van der Waals surface area contributed by atoms with Gasteiger partial charge in [0.1, 0.15) is 5.75 Å². The van der Waals surface area contributed by atoms with Crippen molar-refractivity contribution in [3.05, 3.63) is 29.8 Å². The Morgan fingerprint density at radius 3 is 2.53 bits per heavy atom. The van der Waals surface area contributed by atoms with Gasteiger partial charge in [0, 0.05) is 13.6 Å². The van der Waals surface area contributed by atoms with Gasteiger partial charge in [0.2, 0.25) is 0 Å². The van der Waals surface area contributed by atoms with Gasteiger partial charge in [-0.2, -0.15) is 10.5 Å². The Balaban J connectivity index is 2.58. The summed E-state index contributed by atoms with van der Waals surface area (Å²) >= 11 is 0. The Kier molecular flexibility index (Phi) is 5.37. The summed E-state index contributed by atoms with van der Waals surface area (Å²) in [4.78, 5) is 13.4. The lowest BCUT2D eigenvalue weighted by molar-refractivity contribution is -0.136. The van der Waals surface area contributed by atoms with Crippen LogP contribution in [0, 0.1) is 22.7 Å². The van der Waals surface area contributed by atoms with Crippen LogP contribution in [0.25, 0.3) is 0 Å². The van der Waals surface area contributed by atoms with E-state index in [-0.39, 0.29) is 5.91 Å². The number of nitriles is 2. The first-order valence-electron chi connectivity index (χ1n) is 5.87. The average molecular weight is 257 g/mol. The minimum absolute atomic E-state index is 0.181. The first kappa shape index (κ1) is 14.5. The zero-order valence-corrected chi connectivity index (χ0v) is 11.0. The van der Waals surface area contributed by atoms with Gasteiger partial charge in [-0.3, -0.25) is 4.79 Å². The number of hydrogen-bond acceptors (Lipinski definition) is 4. The van der Waals surface area contributed by atoms with Crippen LogP contribution < -0.4 is 4.74 Å². The van der Waals surface area contributed by atoms with Gasteiger partial charge in [-0.1, -0.05) is 0 Å². The Hall–Kier alpha value is -2.53. The summed E-state index contributed by atoms with van der Waals surface area (Å²) in [5.74, 6) is 0.355. The second-order valence-electron chi connectivity index (χ2n) is 4.06. The molecule has 1 aromatic carbocycles. The van der Waals surface area contributed by atoms with Crippen molar-refractivity contribution in [3.8, 4) is 17.9 Å². The quantitative estimate of drug-likeness (QED) is 0.804. The Morgan fingerprint density at radius 1 is 1.37 bits per heavy atom. The standard InChI is InChI=1S/C14H15N3O2/c1-11(14(18)17(2)9-3-8-15)19-13-6-4-12(10-16)5-7-13/h4-7,11H,3,9H2,1-2H3. The van der Waals surface area contributed by atoms with Crippen LogP contribution in [0.1, 0.15) is 18.9 Å². The van der Waals surface area contributed by atoms with Crippen molar-refractivity contribution in [1.82, 2.24) is 4.90 Å². The van der Waals surface area contributed by atoms with Crippen LogP contribution in [-0.4, -0.2) is 30.5 Å². The van der Waals surface area contributed by atoms with Gasteiger partial charge in [-0.25, -0.2) is 0 Å². The molecule has 1 amide bonds. The highest BCUT2D eigenvalue weighted by molar-refractivity contribution is 5.80. The zero-order valence-electron chi connectivity index (χ0n) is 11.0. The molecule has 1 unspecified atom stereocenters. The summed E-state index contributed by atoms with van der Waals surface area (Å²) < 4.78 is 5.49. The number of nitrogens with zero attached hydrogens (tertiary/aromatic N) is 3. The van der Waals surface area contributed by atoms with E-state index in [4.69, 9.17) is 15.3 Å². The van der Waals surface area contributed by atoms with Gasteiger partial charge < -0.3 is 9.64 Å². The number of rotatable bonds is 5. The number of likely N-dealkylation sites (N-methyl/N-ethyl adjacent to an activating group) is 1. The highest BCUT2D eigenvalue weighted by atomic mass is 16.5. The molecule has 0 aromatic heterocycles. The zero-order chi connectivity index (χ0) is 14.3. The molecule has 0 bridgehead atoms. The fraction of sp³-hybridized carbons (Fsp3) is 0.357. The van der Waals surface area contributed by atoms with E-state index in [1.807, 2.05) is 12.1 Å². The molecule has 98 valence electrons. The first-order chi connectivity index (χ1) is 9.08. The molecule has 0 saturated carbocycles. The molecule has 1 rings (SSSR count). The average Bonchev–Trinajstić information content (AvgIpc) is 2.44. The molecule has 0 spiro atoms. The summed E-state index contributed by atoms with van der Waals surface area (Å²) in [5.41, 5.74) is 0.539. The monoisotopic (exact) mass is 257 g/mol. The van der Waals surface area contributed by atoms with Crippen molar-refractivity contribution in [2.45, 2.75) is 19.4 Å². The maximum atomic E-state index is 11.9. The molecule has 0 aliphatic heterocycles. The third-order valence-electron chi connectivity index (χ3n) is 2.58. The molecule has 0 aliphatic carbocycles. The normalized spacial score (nSPS) is 10.9. The number of hydrogen-bond donors (Lipinski definition) is 0. The third kappa shape index (κ3) is 4.33. The molecule has 0 fully saturated rings. The van der Waals surface area contributed by atoms with Crippen LogP contribution in [0.4, 0.5) is 0 Å². The Bertz CT molecular complexity index is 511. The second kappa shape index (κ2) is 7.03. The van der Waals surface area contributed by atoms with Crippen molar-refractivity contribution in [1.29, 1.82) is 10.5 Å². The van der Waals surface area contributed by atoms with E-state index in [9.17, 15) is 4.79 Å². The number of benzene rings is 1. The number of ether oxygens (including phenoxy) is 1. The summed E-state index contributed by atoms with van der Waals surface area (Å²) in [6.45, 7) is 2.04. The van der Waals surface area contributed by atoms with Crippen LogP contribution in [0.15, 0.2) is 24.3 Å². The van der Waals surface area contributed by atoms with Crippen LogP contribution in [0.3, 0.4) is 0 Å². The molecular weight excluding hydrogens is 242 g/mol. The van der Waals surface area contributed by atoms with E-state index in [1.54, 1.807) is 38.2 Å². The van der Waals surface area contributed by atoms with E-state index in [0.29, 0.717) is 24.3 Å². The van der Waals surface area contributed by atoms with E-state index in [0.717, 1.165) is 0 Å². The second-order valence-corrected chi connectivity index (χ2v) is 4.06. The van der Waals surface area contributed by atoms with Crippen LogP contribution >= 0.6 is 0 Å². The molecule has 5 nitrogen and oxygen atoms in total. The van der Waals surface area contributed by atoms with Crippen molar-refractivity contribution >= 4 is 5.91 Å². The van der Waals surface area contributed by atoms with Crippen molar-refractivity contribution in [2.75, 3.05) is 13.6 Å². The van der Waals surface area contributed by atoms with E-state index in [1.165, 1.54) is 4.90 Å². The fourth-order valence-electron chi connectivity index (χ4n) is 1.50. The summed E-state index contributed by atoms with van der Waals surface area (Å²) in [5, 5.41) is 17.2. The van der Waals surface area contributed by atoms with Gasteiger partial charge in [0.05, 0.1) is 24.1 Å². The van der Waals surface area contributed by atoms with Crippen LogP contribution in [0.2, 0.25) is 0 Å². The highest BCUT2D eigenvalue weighted by Gasteiger charge is 2.18. The fourth-order valence-corrected chi connectivity index (χ4v) is 1.50. The predicted octanol–water partition coefficient (Wildman–Crippen LogP) is 1.70. The van der Waals surface area contributed by atoms with E-state index >= 15 is 0 Å². The van der Waals surface area contributed by atoms with Gasteiger partial charge >= 0.3 is 0 Å². The maximum Gasteiger partial charge on any atom is 0.263 e. The molecule has 0 N–H and O–H groups in total. The Morgan fingerprint density at radius 2 is 2.00 bits per heavy atom. The van der Waals surface area contributed by atoms with Crippen LogP contribution in [-0.2, 0) is 4.79 Å². The molecule has 0 radical (unpaired) electrons. The number of carbonyl (C=O) groups excluding carboxylic acids is 1. The molecule has 0 aliphatic rings. The van der Waals surface area contributed by atoms with E-state index in [2.05, 4.69) is 0 Å². The number of carbonyl (C=O) groups is 1. The largest absolute Gasteiger partial charge is 0.481 e. The van der Waals surface area contributed by atoms with Crippen molar-refractivity contribution in [2.24, 2.45) is 0 Å². The molecule has 0 heterocycles. The lowest BCUT2D eigenvalue weighted by atomic mass is 10.2. The van der Waals surface area contributed by atoms with Crippen molar-refractivity contribution in [3.63, 3.8) is 0 Å². The van der Waals surface area contributed by atoms with Gasteiger partial charge in [-0.15, -0.1) is 0 Å². The molecule has 0 saturated heterocycles. The Labute approximate surface area is 112 Å². The smallest absolute Gasteiger partial charge is 0.263 e. The summed E-state index contributed by atoms with van der Waals surface area (Å²) in [6.07, 6.45) is -0.331. The SMILES string of the molecule is CC(Oc1ccc(C#N)cc1)C(=O)N(C)CCC#N. The summed E-state index contributed by atoms with van der Waals surface area (Å²) in [7, 11) is 1.64. The lowest BCUT2D eigenvalue weighted by Crippen LogP contribution is -2.38. The minimum atomic E-state index is -0.628. The topological polar surface area (TPSA) is 77.1 Å². The van der Waals surface area contributed by atoms with E-state index < -0.39 is 6.10 Å². The first-order valence-corrected chi connectivity index (χ1v) is 5.87.